The van der Waals surface area contributed by atoms with Crippen LogP contribution in [0.1, 0.15) is 28.9 Å². The van der Waals surface area contributed by atoms with Crippen LogP contribution in [0.2, 0.25) is 0 Å². The quantitative estimate of drug-likeness (QED) is 0.784. The van der Waals surface area contributed by atoms with Crippen LogP contribution in [-0.2, 0) is 4.74 Å². The molecule has 3 nitrogen and oxygen atoms in total. The number of rotatable bonds is 2. The Balaban J connectivity index is 1.83. The molecule has 2 aromatic carbocycles. The zero-order valence-corrected chi connectivity index (χ0v) is 14.3. The minimum Gasteiger partial charge on any atom is -0.367 e. The summed E-state index contributed by atoms with van der Waals surface area (Å²) in [5.41, 5.74) is 1.52. The smallest absolute Gasteiger partial charge is 0.255 e. The van der Waals surface area contributed by atoms with E-state index in [1.807, 2.05) is 37.3 Å². The number of ether oxygens (including phenoxy) is 1. The molecule has 0 radical (unpaired) electrons. The van der Waals surface area contributed by atoms with Gasteiger partial charge in [0.05, 0.1) is 18.2 Å². The highest BCUT2D eigenvalue weighted by Gasteiger charge is 2.30. The predicted octanol–water partition coefficient (Wildman–Crippen LogP) is 4.19. The number of nitrogens with zero attached hydrogens (tertiary/aromatic N) is 1. The van der Waals surface area contributed by atoms with Crippen LogP contribution < -0.4 is 0 Å². The molecule has 0 spiro atoms. The van der Waals surface area contributed by atoms with Crippen molar-refractivity contribution >= 4 is 21.8 Å². The predicted molar refractivity (Wildman–Crippen MR) is 89.7 cm³/mol. The van der Waals surface area contributed by atoms with E-state index >= 15 is 0 Å². The molecule has 1 aliphatic heterocycles. The maximum Gasteiger partial charge on any atom is 0.255 e. The molecule has 2 atom stereocenters. The highest BCUT2D eigenvalue weighted by Crippen LogP contribution is 2.27. The first-order valence-corrected chi connectivity index (χ1v) is 8.28. The molecule has 0 saturated carbocycles. The van der Waals surface area contributed by atoms with Gasteiger partial charge in [-0.25, -0.2) is 4.39 Å². The number of benzene rings is 2. The summed E-state index contributed by atoms with van der Waals surface area (Å²) in [6.45, 7) is 2.96. The third-order valence-corrected chi connectivity index (χ3v) is 4.54. The molecule has 2 aromatic rings. The van der Waals surface area contributed by atoms with E-state index in [-0.39, 0.29) is 23.9 Å². The second-order valence-corrected chi connectivity index (χ2v) is 6.53. The Morgan fingerprint density at radius 3 is 2.65 bits per heavy atom. The molecule has 23 heavy (non-hydrogen) atoms. The molecule has 0 aromatic heterocycles. The molecule has 3 rings (SSSR count). The standard InChI is InChI=1S/C18H17BrFNO2/c1-12-10-21(11-17(23-12)13-5-3-2-4-6-13)18(22)15-8-7-14(20)9-16(15)19/h2-9,12,17H,10-11H2,1H3. The van der Waals surface area contributed by atoms with Gasteiger partial charge in [-0.1, -0.05) is 30.3 Å². The molecule has 0 aliphatic carbocycles. The summed E-state index contributed by atoms with van der Waals surface area (Å²) in [5, 5.41) is 0. The van der Waals surface area contributed by atoms with Gasteiger partial charge in [0, 0.05) is 11.0 Å². The summed E-state index contributed by atoms with van der Waals surface area (Å²) >= 11 is 3.27. The first-order chi connectivity index (χ1) is 11.0. The average molecular weight is 378 g/mol. The normalized spacial score (nSPS) is 21.3. The van der Waals surface area contributed by atoms with E-state index < -0.39 is 0 Å². The lowest BCUT2D eigenvalue weighted by atomic mass is 10.1. The number of carbonyl (C=O) groups excluding carboxylic acids is 1. The van der Waals surface area contributed by atoms with Gasteiger partial charge in [-0.05, 0) is 46.6 Å². The molecular weight excluding hydrogens is 361 g/mol. The van der Waals surface area contributed by atoms with Gasteiger partial charge in [0.2, 0.25) is 0 Å². The first kappa shape index (κ1) is 16.1. The van der Waals surface area contributed by atoms with Gasteiger partial charge in [0.25, 0.3) is 5.91 Å². The van der Waals surface area contributed by atoms with E-state index in [4.69, 9.17) is 4.74 Å². The van der Waals surface area contributed by atoms with E-state index in [1.54, 1.807) is 4.90 Å². The van der Waals surface area contributed by atoms with Gasteiger partial charge in [-0.3, -0.25) is 4.79 Å². The van der Waals surface area contributed by atoms with Gasteiger partial charge >= 0.3 is 0 Å². The van der Waals surface area contributed by atoms with Crippen molar-refractivity contribution < 1.29 is 13.9 Å². The second kappa shape index (κ2) is 6.81. The molecule has 5 heteroatoms. The summed E-state index contributed by atoms with van der Waals surface area (Å²) in [5.74, 6) is -0.487. The van der Waals surface area contributed by atoms with Crippen LogP contribution in [0.5, 0.6) is 0 Å². The van der Waals surface area contributed by atoms with E-state index in [9.17, 15) is 9.18 Å². The molecular formula is C18H17BrFNO2. The lowest BCUT2D eigenvalue weighted by molar-refractivity contribution is -0.0691. The zero-order chi connectivity index (χ0) is 16.4. The van der Waals surface area contributed by atoms with Crippen LogP contribution in [0.25, 0.3) is 0 Å². The number of amides is 1. The fourth-order valence-electron chi connectivity index (χ4n) is 2.80. The summed E-state index contributed by atoms with van der Waals surface area (Å²) in [4.78, 5) is 14.5. The van der Waals surface area contributed by atoms with E-state index in [0.29, 0.717) is 23.1 Å². The molecule has 1 aliphatic rings. The fourth-order valence-corrected chi connectivity index (χ4v) is 3.32. The lowest BCUT2D eigenvalue weighted by Crippen LogP contribution is -2.46. The number of carbonyl (C=O) groups is 1. The highest BCUT2D eigenvalue weighted by molar-refractivity contribution is 9.10. The van der Waals surface area contributed by atoms with Crippen molar-refractivity contribution in [1.29, 1.82) is 0 Å². The van der Waals surface area contributed by atoms with Gasteiger partial charge in [0.15, 0.2) is 0 Å². The maximum absolute atomic E-state index is 13.2. The van der Waals surface area contributed by atoms with Gasteiger partial charge in [0.1, 0.15) is 11.9 Å². The molecule has 1 saturated heterocycles. The highest BCUT2D eigenvalue weighted by atomic mass is 79.9. The average Bonchev–Trinajstić information content (AvgIpc) is 2.54. The molecule has 120 valence electrons. The van der Waals surface area contributed by atoms with Crippen molar-refractivity contribution in [3.8, 4) is 0 Å². The van der Waals surface area contributed by atoms with E-state index in [2.05, 4.69) is 15.9 Å². The largest absolute Gasteiger partial charge is 0.367 e. The van der Waals surface area contributed by atoms with Crippen LogP contribution in [-0.4, -0.2) is 30.0 Å². The zero-order valence-electron chi connectivity index (χ0n) is 12.7. The second-order valence-electron chi connectivity index (χ2n) is 5.68. The first-order valence-electron chi connectivity index (χ1n) is 7.49. The molecule has 1 fully saturated rings. The van der Waals surface area contributed by atoms with Crippen molar-refractivity contribution in [2.24, 2.45) is 0 Å². The summed E-state index contributed by atoms with van der Waals surface area (Å²) in [7, 11) is 0. The minimum atomic E-state index is -0.370. The molecule has 0 bridgehead atoms. The van der Waals surface area contributed by atoms with Gasteiger partial charge in [-0.2, -0.15) is 0 Å². The minimum absolute atomic E-state index is 0.0582. The van der Waals surface area contributed by atoms with Crippen LogP contribution in [0.15, 0.2) is 53.0 Å². The van der Waals surface area contributed by atoms with Crippen molar-refractivity contribution in [2.45, 2.75) is 19.1 Å². The van der Waals surface area contributed by atoms with E-state index in [0.717, 1.165) is 5.56 Å². The Morgan fingerprint density at radius 1 is 1.22 bits per heavy atom. The number of halogens is 2. The number of morpholine rings is 1. The van der Waals surface area contributed by atoms with Gasteiger partial charge < -0.3 is 9.64 Å². The van der Waals surface area contributed by atoms with Crippen LogP contribution in [0.3, 0.4) is 0 Å². The lowest BCUT2D eigenvalue weighted by Gasteiger charge is -2.37. The fraction of sp³-hybridized carbons (Fsp3) is 0.278. The van der Waals surface area contributed by atoms with Crippen LogP contribution in [0.4, 0.5) is 4.39 Å². The Hall–Kier alpha value is -1.72. The summed E-state index contributed by atoms with van der Waals surface area (Å²) in [6, 6.07) is 14.0. The monoisotopic (exact) mass is 377 g/mol. The van der Waals surface area contributed by atoms with Crippen molar-refractivity contribution in [2.75, 3.05) is 13.1 Å². The van der Waals surface area contributed by atoms with E-state index in [1.165, 1.54) is 18.2 Å². The maximum atomic E-state index is 13.2. The topological polar surface area (TPSA) is 29.5 Å². The Morgan fingerprint density at radius 2 is 1.96 bits per heavy atom. The Kier molecular flexibility index (Phi) is 4.78. The SMILES string of the molecule is CC1CN(C(=O)c2ccc(F)cc2Br)CC(c2ccccc2)O1. The number of hydrogen-bond donors (Lipinski definition) is 0. The third kappa shape index (κ3) is 3.62. The number of hydrogen-bond acceptors (Lipinski definition) is 2. The summed E-state index contributed by atoms with van der Waals surface area (Å²) in [6.07, 6.45) is -0.208. The molecule has 1 amide bonds. The van der Waals surface area contributed by atoms with Gasteiger partial charge in [-0.15, -0.1) is 0 Å². The Labute approximate surface area is 143 Å². The molecule has 2 unspecified atom stereocenters. The van der Waals surface area contributed by atoms with Crippen LogP contribution >= 0.6 is 15.9 Å². The van der Waals surface area contributed by atoms with Crippen molar-refractivity contribution in [3.63, 3.8) is 0 Å². The molecule has 0 N–H and O–H groups in total. The summed E-state index contributed by atoms with van der Waals surface area (Å²) < 4.78 is 19.7. The van der Waals surface area contributed by atoms with Crippen molar-refractivity contribution in [3.05, 3.63) is 69.9 Å². The van der Waals surface area contributed by atoms with Crippen LogP contribution in [0, 0.1) is 5.82 Å². The Bertz CT molecular complexity index is 707. The third-order valence-electron chi connectivity index (χ3n) is 3.88. The molecule has 1 heterocycles. The van der Waals surface area contributed by atoms with Crippen molar-refractivity contribution in [1.82, 2.24) is 4.90 Å².